The van der Waals surface area contributed by atoms with Crippen molar-refractivity contribution in [2.24, 2.45) is 5.92 Å². The first kappa shape index (κ1) is 14.9. The van der Waals surface area contributed by atoms with E-state index in [1.54, 1.807) is 0 Å². The molecule has 1 aliphatic rings. The van der Waals surface area contributed by atoms with Crippen LogP contribution >= 0.6 is 0 Å². The van der Waals surface area contributed by atoms with E-state index in [4.69, 9.17) is 9.47 Å². The summed E-state index contributed by atoms with van der Waals surface area (Å²) >= 11 is 0. The van der Waals surface area contributed by atoms with E-state index < -0.39 is 0 Å². The highest BCUT2D eigenvalue weighted by atomic mass is 16.5. The van der Waals surface area contributed by atoms with Gasteiger partial charge in [0.2, 0.25) is 0 Å². The molecule has 4 heteroatoms. The lowest BCUT2D eigenvalue weighted by Gasteiger charge is -2.35. The van der Waals surface area contributed by atoms with Crippen molar-refractivity contribution in [1.29, 1.82) is 0 Å². The van der Waals surface area contributed by atoms with Gasteiger partial charge in [-0.2, -0.15) is 0 Å². The summed E-state index contributed by atoms with van der Waals surface area (Å²) in [5.41, 5.74) is -0.250. The fraction of sp³-hybridized carbons (Fsp3) is 1.00. The molecule has 17 heavy (non-hydrogen) atoms. The Bertz CT molecular complexity index is 207. The summed E-state index contributed by atoms with van der Waals surface area (Å²) in [7, 11) is 0. The molecule has 0 saturated heterocycles. The van der Waals surface area contributed by atoms with Crippen LogP contribution in [0.3, 0.4) is 0 Å². The summed E-state index contributed by atoms with van der Waals surface area (Å²) in [6.07, 6.45) is 2.38. The number of ether oxygens (including phenoxy) is 2. The molecule has 0 aliphatic heterocycles. The average molecular weight is 245 g/mol. The van der Waals surface area contributed by atoms with Crippen LogP contribution in [0.15, 0.2) is 0 Å². The van der Waals surface area contributed by atoms with Crippen LogP contribution < -0.4 is 5.32 Å². The van der Waals surface area contributed by atoms with E-state index in [0.29, 0.717) is 31.8 Å². The normalized spacial score (nSPS) is 19.6. The van der Waals surface area contributed by atoms with Crippen molar-refractivity contribution in [3.05, 3.63) is 0 Å². The van der Waals surface area contributed by atoms with Crippen molar-refractivity contribution >= 4 is 0 Å². The molecule has 0 aromatic rings. The van der Waals surface area contributed by atoms with Gasteiger partial charge in [0.1, 0.15) is 0 Å². The van der Waals surface area contributed by atoms with E-state index in [9.17, 15) is 5.11 Å². The highest BCUT2D eigenvalue weighted by molar-refractivity contribution is 5.01. The van der Waals surface area contributed by atoms with E-state index in [1.165, 1.54) is 12.8 Å². The second-order valence-corrected chi connectivity index (χ2v) is 5.14. The summed E-state index contributed by atoms with van der Waals surface area (Å²) in [5, 5.41) is 13.1. The first-order chi connectivity index (χ1) is 8.14. The Kier molecular flexibility index (Phi) is 6.41. The zero-order valence-corrected chi connectivity index (χ0v) is 11.4. The largest absolute Gasteiger partial charge is 0.394 e. The smallest absolute Gasteiger partial charge is 0.0701 e. The predicted molar refractivity (Wildman–Crippen MR) is 68.1 cm³/mol. The van der Waals surface area contributed by atoms with Crippen LogP contribution in [0, 0.1) is 5.92 Å². The zero-order chi connectivity index (χ0) is 12.7. The number of aliphatic hydroxyl groups excluding tert-OH is 1. The lowest BCUT2D eigenvalue weighted by molar-refractivity contribution is -0.00543. The van der Waals surface area contributed by atoms with Crippen LogP contribution in [-0.4, -0.2) is 49.7 Å². The summed E-state index contributed by atoms with van der Waals surface area (Å²) in [5.74, 6) is 0.557. The molecule has 0 radical (unpaired) electrons. The van der Waals surface area contributed by atoms with Crippen LogP contribution in [0.25, 0.3) is 0 Å². The molecule has 1 rings (SSSR count). The Morgan fingerprint density at radius 3 is 2.41 bits per heavy atom. The Balaban J connectivity index is 2.34. The van der Waals surface area contributed by atoms with Crippen LogP contribution in [0.4, 0.5) is 0 Å². The molecule has 2 N–H and O–H groups in total. The van der Waals surface area contributed by atoms with E-state index >= 15 is 0 Å². The standard InChI is InChI=1S/C13H27NO3/c1-4-16-7-8-17-10-13(9-15,12-5-6-12)14-11(2)3/h11-12,14-15H,4-10H2,1-3H3. The van der Waals surface area contributed by atoms with Crippen molar-refractivity contribution in [3.63, 3.8) is 0 Å². The molecule has 1 saturated carbocycles. The summed E-state index contributed by atoms with van der Waals surface area (Å²) in [6, 6.07) is 0.359. The molecule has 0 spiro atoms. The molecular weight excluding hydrogens is 218 g/mol. The highest BCUT2D eigenvalue weighted by Gasteiger charge is 2.45. The van der Waals surface area contributed by atoms with Gasteiger partial charge in [0.05, 0.1) is 32.0 Å². The molecule has 1 atom stereocenters. The molecule has 4 nitrogen and oxygen atoms in total. The van der Waals surface area contributed by atoms with Crippen LogP contribution in [0.2, 0.25) is 0 Å². The van der Waals surface area contributed by atoms with Crippen LogP contribution in [0.1, 0.15) is 33.6 Å². The Morgan fingerprint density at radius 2 is 1.94 bits per heavy atom. The van der Waals surface area contributed by atoms with Gasteiger partial charge in [0.15, 0.2) is 0 Å². The third-order valence-corrected chi connectivity index (χ3v) is 3.15. The fourth-order valence-corrected chi connectivity index (χ4v) is 2.23. The van der Waals surface area contributed by atoms with Gasteiger partial charge in [-0.1, -0.05) is 13.8 Å². The number of nitrogens with one attached hydrogen (secondary N) is 1. The monoisotopic (exact) mass is 245 g/mol. The minimum Gasteiger partial charge on any atom is -0.394 e. The zero-order valence-electron chi connectivity index (χ0n) is 11.4. The molecule has 0 heterocycles. The van der Waals surface area contributed by atoms with Crippen LogP contribution in [-0.2, 0) is 9.47 Å². The molecule has 0 amide bonds. The molecule has 1 unspecified atom stereocenters. The highest BCUT2D eigenvalue weighted by Crippen LogP contribution is 2.40. The van der Waals surface area contributed by atoms with E-state index in [0.717, 1.165) is 6.61 Å². The van der Waals surface area contributed by atoms with Gasteiger partial charge in [0.25, 0.3) is 0 Å². The van der Waals surface area contributed by atoms with E-state index in [1.807, 2.05) is 6.92 Å². The molecular formula is C13H27NO3. The van der Waals surface area contributed by atoms with Crippen molar-refractivity contribution < 1.29 is 14.6 Å². The third-order valence-electron chi connectivity index (χ3n) is 3.15. The van der Waals surface area contributed by atoms with Gasteiger partial charge in [0, 0.05) is 12.6 Å². The van der Waals surface area contributed by atoms with Crippen molar-refractivity contribution in [2.75, 3.05) is 33.0 Å². The Labute approximate surface area is 105 Å². The lowest BCUT2D eigenvalue weighted by Crippen LogP contribution is -2.56. The van der Waals surface area contributed by atoms with Gasteiger partial charge >= 0.3 is 0 Å². The summed E-state index contributed by atoms with van der Waals surface area (Å²) in [6.45, 7) is 8.85. The first-order valence-corrected chi connectivity index (χ1v) is 6.68. The number of rotatable bonds is 10. The maximum Gasteiger partial charge on any atom is 0.0701 e. The lowest BCUT2D eigenvalue weighted by atomic mass is 9.94. The number of hydrogen-bond donors (Lipinski definition) is 2. The summed E-state index contributed by atoms with van der Waals surface area (Å²) < 4.78 is 10.9. The van der Waals surface area contributed by atoms with E-state index in [-0.39, 0.29) is 12.1 Å². The van der Waals surface area contributed by atoms with Crippen molar-refractivity contribution in [3.8, 4) is 0 Å². The predicted octanol–water partition coefficient (Wildman–Crippen LogP) is 1.18. The van der Waals surface area contributed by atoms with Crippen molar-refractivity contribution in [1.82, 2.24) is 5.32 Å². The molecule has 0 aromatic carbocycles. The van der Waals surface area contributed by atoms with Gasteiger partial charge < -0.3 is 19.9 Å². The minimum absolute atomic E-state index is 0.143. The van der Waals surface area contributed by atoms with E-state index in [2.05, 4.69) is 19.2 Å². The van der Waals surface area contributed by atoms with Gasteiger partial charge in [-0.05, 0) is 25.7 Å². The maximum absolute atomic E-state index is 9.66. The average Bonchev–Trinajstić information content (AvgIpc) is 3.11. The number of hydrogen-bond acceptors (Lipinski definition) is 4. The molecule has 1 aliphatic carbocycles. The molecule has 0 aromatic heterocycles. The molecule has 0 bridgehead atoms. The minimum atomic E-state index is -0.250. The fourth-order valence-electron chi connectivity index (χ4n) is 2.23. The molecule has 1 fully saturated rings. The maximum atomic E-state index is 9.66. The molecule has 102 valence electrons. The van der Waals surface area contributed by atoms with Gasteiger partial charge in [-0.25, -0.2) is 0 Å². The van der Waals surface area contributed by atoms with Gasteiger partial charge in [-0.15, -0.1) is 0 Å². The van der Waals surface area contributed by atoms with Crippen molar-refractivity contribution in [2.45, 2.75) is 45.2 Å². The topological polar surface area (TPSA) is 50.7 Å². The summed E-state index contributed by atoms with van der Waals surface area (Å²) in [4.78, 5) is 0. The quantitative estimate of drug-likeness (QED) is 0.567. The Morgan fingerprint density at radius 1 is 1.29 bits per heavy atom. The second-order valence-electron chi connectivity index (χ2n) is 5.14. The number of aliphatic hydroxyl groups is 1. The van der Waals surface area contributed by atoms with Gasteiger partial charge in [-0.3, -0.25) is 0 Å². The Hall–Kier alpha value is -0.160. The SMILES string of the molecule is CCOCCOCC(CO)(NC(C)C)C1CC1. The second kappa shape index (κ2) is 7.31. The van der Waals surface area contributed by atoms with Crippen LogP contribution in [0.5, 0.6) is 0 Å². The third kappa shape index (κ3) is 4.92. The first-order valence-electron chi connectivity index (χ1n) is 6.68.